The van der Waals surface area contributed by atoms with Crippen LogP contribution in [0.2, 0.25) is 0 Å². The van der Waals surface area contributed by atoms with E-state index in [2.05, 4.69) is 47.8 Å². The number of amides is 6. The lowest BCUT2D eigenvalue weighted by atomic mass is 9.89. The number of ketones is 1. The minimum atomic E-state index is -0.795. The number of benzene rings is 1. The molecule has 1 heterocycles. The monoisotopic (exact) mass is 727 g/mol. The molecule has 0 radical (unpaired) electrons. The van der Waals surface area contributed by atoms with Gasteiger partial charge in [-0.25, -0.2) is 4.79 Å². The highest BCUT2D eigenvalue weighted by Crippen LogP contribution is 2.29. The van der Waals surface area contributed by atoms with Gasteiger partial charge in [-0.15, -0.1) is 0 Å². The van der Waals surface area contributed by atoms with Crippen LogP contribution < -0.4 is 21.7 Å². The topological polar surface area (TPSA) is 188 Å². The van der Waals surface area contributed by atoms with E-state index in [9.17, 15) is 33.9 Å². The Kier molecular flexibility index (Phi) is 15.0. The standard InChI is InChI=1S/C29H39Br2N5O7/c1-17(2)25(35-22(39)8-4-3-5-14-36-27(41)23(30)24(31)28(36)42)21(38)15-19(7-6-13-33-29(32)43)26(40)34-20-11-9-18(16-37)10-12-20/h9-12,17,19,25,37H,3-8,13-16H2,1-2H3,(H,34,40)(H,35,39)(H3,32,33,43)/t19-,25+/m1/s1. The Morgan fingerprint density at radius 3 is 2.14 bits per heavy atom. The van der Waals surface area contributed by atoms with E-state index in [-0.39, 0.29) is 65.0 Å². The number of hydrogen-bond donors (Lipinski definition) is 5. The fraction of sp³-hybridized carbons (Fsp3) is 0.517. The van der Waals surface area contributed by atoms with Crippen molar-refractivity contribution in [2.24, 2.45) is 17.6 Å². The number of nitrogens with two attached hydrogens (primary N) is 1. The van der Waals surface area contributed by atoms with Gasteiger partial charge >= 0.3 is 6.03 Å². The van der Waals surface area contributed by atoms with Gasteiger partial charge < -0.3 is 26.8 Å². The predicted octanol–water partition coefficient (Wildman–Crippen LogP) is 3.21. The third kappa shape index (κ3) is 11.5. The second-order valence-corrected chi connectivity index (χ2v) is 12.2. The average molecular weight is 729 g/mol. The first-order valence-corrected chi connectivity index (χ1v) is 15.7. The summed E-state index contributed by atoms with van der Waals surface area (Å²) in [6.45, 7) is 3.97. The van der Waals surface area contributed by atoms with Gasteiger partial charge in [-0.05, 0) is 81.2 Å². The van der Waals surface area contributed by atoms with E-state index < -0.39 is 29.8 Å². The molecule has 0 unspecified atom stereocenters. The molecule has 0 aliphatic carbocycles. The van der Waals surface area contributed by atoms with Crippen LogP contribution in [0, 0.1) is 11.8 Å². The number of aliphatic hydroxyl groups is 1. The summed E-state index contributed by atoms with van der Waals surface area (Å²) >= 11 is 6.18. The zero-order valence-corrected chi connectivity index (χ0v) is 27.5. The molecule has 6 amide bonds. The molecule has 0 saturated heterocycles. The maximum absolute atomic E-state index is 13.4. The Morgan fingerprint density at radius 2 is 1.58 bits per heavy atom. The Bertz CT molecular complexity index is 1200. The SMILES string of the molecule is CC(C)[C@H](NC(=O)CCCCCN1C(=O)C(Br)=C(Br)C1=O)C(=O)C[C@@H](CCCNC(N)=O)C(=O)Nc1ccc(CO)cc1. The number of halogens is 2. The van der Waals surface area contributed by atoms with Gasteiger partial charge in [0.2, 0.25) is 11.8 Å². The van der Waals surface area contributed by atoms with Crippen molar-refractivity contribution >= 4 is 73.0 Å². The van der Waals surface area contributed by atoms with Gasteiger partial charge in [0, 0.05) is 37.5 Å². The van der Waals surface area contributed by atoms with Crippen molar-refractivity contribution in [1.82, 2.24) is 15.5 Å². The molecule has 0 fully saturated rings. The summed E-state index contributed by atoms with van der Waals surface area (Å²) in [7, 11) is 0. The number of anilines is 1. The molecule has 1 aromatic rings. The molecular weight excluding hydrogens is 690 g/mol. The quantitative estimate of drug-likeness (QED) is 0.113. The van der Waals surface area contributed by atoms with Gasteiger partial charge in [-0.1, -0.05) is 32.4 Å². The van der Waals surface area contributed by atoms with Crippen LogP contribution in [0.5, 0.6) is 0 Å². The zero-order chi connectivity index (χ0) is 32.1. The van der Waals surface area contributed by atoms with E-state index in [0.29, 0.717) is 43.4 Å². The molecule has 0 spiro atoms. The number of Topliss-reactive ketones (excluding diaryl/α,β-unsaturated/α-hetero) is 1. The minimum Gasteiger partial charge on any atom is -0.392 e. The van der Waals surface area contributed by atoms with E-state index in [0.717, 1.165) is 4.90 Å². The summed E-state index contributed by atoms with van der Waals surface area (Å²) in [4.78, 5) is 75.6. The van der Waals surface area contributed by atoms with Gasteiger partial charge in [0.05, 0.1) is 12.6 Å². The van der Waals surface area contributed by atoms with Gasteiger partial charge in [0.25, 0.3) is 11.8 Å². The molecule has 0 bridgehead atoms. The predicted molar refractivity (Wildman–Crippen MR) is 168 cm³/mol. The second-order valence-electron chi connectivity index (χ2n) is 10.6. The summed E-state index contributed by atoms with van der Waals surface area (Å²) in [5.41, 5.74) is 6.32. The molecule has 6 N–H and O–H groups in total. The molecule has 1 aromatic carbocycles. The van der Waals surface area contributed by atoms with Crippen molar-refractivity contribution in [3.05, 3.63) is 38.8 Å². The number of unbranched alkanes of at least 4 members (excludes halogenated alkanes) is 2. The number of primary amides is 1. The van der Waals surface area contributed by atoms with E-state index in [1.54, 1.807) is 24.3 Å². The van der Waals surface area contributed by atoms with E-state index in [4.69, 9.17) is 5.73 Å². The minimum absolute atomic E-state index is 0.114. The number of nitrogens with zero attached hydrogens (tertiary/aromatic N) is 1. The third-order valence-corrected chi connectivity index (χ3v) is 8.93. The molecule has 2 rings (SSSR count). The molecule has 236 valence electrons. The van der Waals surface area contributed by atoms with Crippen LogP contribution in [0.25, 0.3) is 0 Å². The highest BCUT2D eigenvalue weighted by Gasteiger charge is 2.35. The van der Waals surface area contributed by atoms with Crippen molar-refractivity contribution in [1.29, 1.82) is 0 Å². The fourth-order valence-corrected chi connectivity index (χ4v) is 5.28. The highest BCUT2D eigenvalue weighted by molar-refractivity contribution is 9.14. The number of rotatable bonds is 18. The highest BCUT2D eigenvalue weighted by atomic mass is 79.9. The van der Waals surface area contributed by atoms with Crippen molar-refractivity contribution in [3.63, 3.8) is 0 Å². The Morgan fingerprint density at radius 1 is 0.953 bits per heavy atom. The first kappa shape index (κ1) is 36.1. The van der Waals surface area contributed by atoms with E-state index in [1.807, 2.05) is 13.8 Å². The van der Waals surface area contributed by atoms with Crippen LogP contribution in [0.15, 0.2) is 33.2 Å². The van der Waals surface area contributed by atoms with Gasteiger partial charge in [0.15, 0.2) is 5.78 Å². The number of aliphatic hydroxyl groups excluding tert-OH is 1. The Hall–Kier alpha value is -3.10. The van der Waals surface area contributed by atoms with Crippen molar-refractivity contribution in [2.75, 3.05) is 18.4 Å². The molecule has 1 aliphatic rings. The first-order chi connectivity index (χ1) is 20.3. The zero-order valence-electron chi connectivity index (χ0n) is 24.3. The average Bonchev–Trinajstić information content (AvgIpc) is 3.14. The summed E-state index contributed by atoms with van der Waals surface area (Å²) < 4.78 is 0.389. The van der Waals surface area contributed by atoms with Gasteiger partial charge in [0.1, 0.15) is 8.96 Å². The third-order valence-electron chi connectivity index (χ3n) is 6.93. The molecule has 0 saturated carbocycles. The van der Waals surface area contributed by atoms with Gasteiger partial charge in [-0.3, -0.25) is 28.9 Å². The van der Waals surface area contributed by atoms with Crippen LogP contribution in [0.1, 0.15) is 64.4 Å². The van der Waals surface area contributed by atoms with E-state index in [1.165, 1.54) is 0 Å². The second kappa shape index (κ2) is 17.9. The number of urea groups is 1. The number of carbonyl (C=O) groups excluding carboxylic acids is 6. The Labute approximate surface area is 267 Å². The number of hydrogen-bond acceptors (Lipinski definition) is 7. The van der Waals surface area contributed by atoms with Crippen LogP contribution in [0.3, 0.4) is 0 Å². The molecular formula is C29H39Br2N5O7. The summed E-state index contributed by atoms with van der Waals surface area (Å²) in [5, 5.41) is 17.3. The van der Waals surface area contributed by atoms with Crippen LogP contribution >= 0.6 is 31.9 Å². The smallest absolute Gasteiger partial charge is 0.312 e. The van der Waals surface area contributed by atoms with Crippen molar-refractivity contribution < 1.29 is 33.9 Å². The maximum atomic E-state index is 13.4. The summed E-state index contributed by atoms with van der Waals surface area (Å²) in [6, 6.07) is 5.19. The molecule has 14 heteroatoms. The molecule has 1 aliphatic heterocycles. The number of imide groups is 1. The lowest BCUT2D eigenvalue weighted by Gasteiger charge is -2.24. The van der Waals surface area contributed by atoms with Gasteiger partial charge in [-0.2, -0.15) is 0 Å². The van der Waals surface area contributed by atoms with Crippen LogP contribution in [-0.2, 0) is 30.6 Å². The van der Waals surface area contributed by atoms with Crippen molar-refractivity contribution in [2.45, 2.75) is 71.4 Å². The van der Waals surface area contributed by atoms with Crippen molar-refractivity contribution in [3.8, 4) is 0 Å². The van der Waals surface area contributed by atoms with Crippen LogP contribution in [0.4, 0.5) is 10.5 Å². The lowest BCUT2D eigenvalue weighted by Crippen LogP contribution is -2.45. The Balaban J connectivity index is 1.92. The summed E-state index contributed by atoms with van der Waals surface area (Å²) in [5.74, 6) is -2.70. The normalized spacial score (nSPS) is 14.6. The molecule has 43 heavy (non-hydrogen) atoms. The maximum Gasteiger partial charge on any atom is 0.312 e. The largest absolute Gasteiger partial charge is 0.392 e. The summed E-state index contributed by atoms with van der Waals surface area (Å²) in [6.07, 6.45) is 2.39. The van der Waals surface area contributed by atoms with Crippen LogP contribution in [-0.4, -0.2) is 64.6 Å². The number of carbonyl (C=O) groups is 6. The first-order valence-electron chi connectivity index (χ1n) is 14.1. The van der Waals surface area contributed by atoms with E-state index >= 15 is 0 Å². The number of nitrogens with one attached hydrogen (secondary N) is 3. The molecule has 0 aromatic heterocycles. The lowest BCUT2D eigenvalue weighted by molar-refractivity contribution is -0.137. The molecule has 2 atom stereocenters. The fourth-order valence-electron chi connectivity index (χ4n) is 4.51. The molecule has 12 nitrogen and oxygen atoms in total.